The number of nitrogens with one attached hydrogen (secondary N) is 1. The number of nitrogens with zero attached hydrogens (tertiary/aromatic N) is 3. The van der Waals surface area contributed by atoms with Crippen LogP contribution >= 0.6 is 0 Å². The van der Waals surface area contributed by atoms with Crippen LogP contribution in [0.1, 0.15) is 82.8 Å². The Labute approximate surface area is 161 Å². The molecule has 0 aromatic carbocycles. The molecule has 2 heterocycles. The molecule has 0 spiro atoms. The van der Waals surface area contributed by atoms with Crippen molar-refractivity contribution >= 4 is 5.91 Å². The highest BCUT2D eigenvalue weighted by molar-refractivity contribution is 5.79. The Bertz CT molecular complexity index is 651. The molecular formula is C20H32N4O3. The standard InChI is InChI=1S/C20H32N4O3/c1-14(2)18-22-19(23-27-18)20(9-5-6-10-20)21-13-17(25)24-11-12-26-16-8-4-3-7-15(16)24/h14-16,21H,3-13H2,1-2H3. The number of hydrogen-bond donors (Lipinski definition) is 1. The number of hydrogen-bond acceptors (Lipinski definition) is 6. The Morgan fingerprint density at radius 2 is 2.04 bits per heavy atom. The van der Waals surface area contributed by atoms with E-state index in [0.717, 1.165) is 38.5 Å². The number of fused-ring (bicyclic) bond motifs is 1. The zero-order valence-corrected chi connectivity index (χ0v) is 16.6. The average Bonchev–Trinajstić information content (AvgIpc) is 3.36. The first-order valence-electron chi connectivity index (χ1n) is 10.6. The van der Waals surface area contributed by atoms with E-state index in [9.17, 15) is 4.79 Å². The molecule has 2 atom stereocenters. The fourth-order valence-corrected chi connectivity index (χ4v) is 4.87. The second-order valence-corrected chi connectivity index (χ2v) is 8.60. The highest BCUT2D eigenvalue weighted by Gasteiger charge is 2.42. The van der Waals surface area contributed by atoms with E-state index in [2.05, 4.69) is 34.2 Å². The summed E-state index contributed by atoms with van der Waals surface area (Å²) < 4.78 is 11.4. The van der Waals surface area contributed by atoms with Crippen LogP contribution < -0.4 is 5.32 Å². The van der Waals surface area contributed by atoms with Crippen molar-refractivity contribution < 1.29 is 14.1 Å². The summed E-state index contributed by atoms with van der Waals surface area (Å²) >= 11 is 0. The van der Waals surface area contributed by atoms with E-state index in [-0.39, 0.29) is 29.5 Å². The number of amides is 1. The normalized spacial score (nSPS) is 27.7. The number of morpholine rings is 1. The lowest BCUT2D eigenvalue weighted by atomic mass is 9.90. The smallest absolute Gasteiger partial charge is 0.236 e. The van der Waals surface area contributed by atoms with Gasteiger partial charge in [0, 0.05) is 12.5 Å². The van der Waals surface area contributed by atoms with Gasteiger partial charge in [-0.1, -0.05) is 44.7 Å². The molecule has 0 bridgehead atoms. The van der Waals surface area contributed by atoms with Crippen LogP contribution in [0.5, 0.6) is 0 Å². The molecule has 0 radical (unpaired) electrons. The molecule has 3 fully saturated rings. The van der Waals surface area contributed by atoms with Crippen molar-refractivity contribution in [3.63, 3.8) is 0 Å². The van der Waals surface area contributed by atoms with Gasteiger partial charge in [0.05, 0.1) is 30.8 Å². The molecule has 1 aromatic rings. The third-order valence-electron chi connectivity index (χ3n) is 6.45. The molecule has 27 heavy (non-hydrogen) atoms. The van der Waals surface area contributed by atoms with Crippen LogP contribution in [0.15, 0.2) is 4.52 Å². The SMILES string of the molecule is CC(C)c1nc(C2(NCC(=O)N3CCOC4CCCCC43)CCCC2)no1. The minimum absolute atomic E-state index is 0.175. The topological polar surface area (TPSA) is 80.5 Å². The predicted octanol–water partition coefficient (Wildman–Crippen LogP) is 2.72. The molecule has 7 heteroatoms. The van der Waals surface area contributed by atoms with E-state index < -0.39 is 0 Å². The number of carbonyl (C=O) groups is 1. The second-order valence-electron chi connectivity index (χ2n) is 8.60. The van der Waals surface area contributed by atoms with Crippen molar-refractivity contribution in [1.82, 2.24) is 20.4 Å². The summed E-state index contributed by atoms with van der Waals surface area (Å²) in [6.07, 6.45) is 8.90. The number of aromatic nitrogens is 2. The van der Waals surface area contributed by atoms with E-state index in [4.69, 9.17) is 9.26 Å². The third kappa shape index (κ3) is 3.76. The summed E-state index contributed by atoms with van der Waals surface area (Å²) in [7, 11) is 0. The van der Waals surface area contributed by atoms with E-state index in [1.807, 2.05) is 0 Å². The van der Waals surface area contributed by atoms with E-state index in [1.165, 1.54) is 12.8 Å². The molecule has 1 amide bonds. The van der Waals surface area contributed by atoms with Gasteiger partial charge in [-0.05, 0) is 25.7 Å². The van der Waals surface area contributed by atoms with Crippen LogP contribution in [0.4, 0.5) is 0 Å². The summed E-state index contributed by atoms with van der Waals surface area (Å²) in [4.78, 5) is 19.7. The minimum Gasteiger partial charge on any atom is -0.374 e. The van der Waals surface area contributed by atoms with E-state index in [0.29, 0.717) is 31.4 Å². The molecule has 1 N–H and O–H groups in total. The fraction of sp³-hybridized carbons (Fsp3) is 0.850. The highest BCUT2D eigenvalue weighted by Crippen LogP contribution is 2.37. The van der Waals surface area contributed by atoms with Crippen LogP contribution in [-0.2, 0) is 15.1 Å². The van der Waals surface area contributed by atoms with Gasteiger partial charge in [-0.3, -0.25) is 10.1 Å². The third-order valence-corrected chi connectivity index (χ3v) is 6.45. The first-order chi connectivity index (χ1) is 13.1. The van der Waals surface area contributed by atoms with Crippen molar-refractivity contribution in [2.75, 3.05) is 19.7 Å². The van der Waals surface area contributed by atoms with Crippen LogP contribution in [0.25, 0.3) is 0 Å². The molecule has 150 valence electrons. The van der Waals surface area contributed by atoms with Gasteiger partial charge in [0.2, 0.25) is 11.8 Å². The van der Waals surface area contributed by atoms with Crippen LogP contribution in [0.3, 0.4) is 0 Å². The van der Waals surface area contributed by atoms with E-state index in [1.54, 1.807) is 0 Å². The van der Waals surface area contributed by atoms with Gasteiger partial charge in [0.15, 0.2) is 5.82 Å². The maximum atomic E-state index is 13.0. The zero-order valence-electron chi connectivity index (χ0n) is 16.6. The predicted molar refractivity (Wildman–Crippen MR) is 100 cm³/mol. The molecule has 2 aliphatic carbocycles. The summed E-state index contributed by atoms with van der Waals surface area (Å²) in [6, 6.07) is 0.249. The maximum Gasteiger partial charge on any atom is 0.236 e. The highest BCUT2D eigenvalue weighted by atomic mass is 16.5. The van der Waals surface area contributed by atoms with Gasteiger partial charge in [-0.25, -0.2) is 0 Å². The second kappa shape index (κ2) is 7.87. The number of ether oxygens (including phenoxy) is 1. The van der Waals surface area contributed by atoms with Crippen molar-refractivity contribution in [2.45, 2.75) is 88.8 Å². The van der Waals surface area contributed by atoms with Gasteiger partial charge < -0.3 is 14.2 Å². The van der Waals surface area contributed by atoms with Crippen LogP contribution in [-0.4, -0.2) is 52.8 Å². The minimum atomic E-state index is -0.329. The van der Waals surface area contributed by atoms with Gasteiger partial charge in [0.25, 0.3) is 0 Å². The first-order valence-corrected chi connectivity index (χ1v) is 10.6. The molecule has 1 aliphatic heterocycles. The number of rotatable bonds is 5. The van der Waals surface area contributed by atoms with Crippen molar-refractivity contribution in [3.8, 4) is 0 Å². The molecule has 1 aromatic heterocycles. The summed E-state index contributed by atoms with van der Waals surface area (Å²) in [5.74, 6) is 1.77. The average molecular weight is 377 g/mol. The van der Waals surface area contributed by atoms with Gasteiger partial charge >= 0.3 is 0 Å². The van der Waals surface area contributed by atoms with Crippen molar-refractivity contribution in [1.29, 1.82) is 0 Å². The monoisotopic (exact) mass is 376 g/mol. The van der Waals surface area contributed by atoms with Gasteiger partial charge in [0.1, 0.15) is 0 Å². The molecule has 2 unspecified atom stereocenters. The molecule has 1 saturated heterocycles. The lowest BCUT2D eigenvalue weighted by Crippen LogP contribution is -2.57. The Morgan fingerprint density at radius 3 is 2.78 bits per heavy atom. The van der Waals surface area contributed by atoms with Crippen molar-refractivity contribution in [2.24, 2.45) is 0 Å². The lowest BCUT2D eigenvalue weighted by molar-refractivity contribution is -0.149. The molecule has 4 rings (SSSR count). The first kappa shape index (κ1) is 18.9. The molecular weight excluding hydrogens is 344 g/mol. The number of carbonyl (C=O) groups excluding carboxylic acids is 1. The Hall–Kier alpha value is -1.47. The molecule has 3 aliphatic rings. The summed E-state index contributed by atoms with van der Waals surface area (Å²) in [6.45, 7) is 5.78. The van der Waals surface area contributed by atoms with E-state index >= 15 is 0 Å². The maximum absolute atomic E-state index is 13.0. The summed E-state index contributed by atoms with van der Waals surface area (Å²) in [5.41, 5.74) is -0.329. The summed E-state index contributed by atoms with van der Waals surface area (Å²) in [5, 5.41) is 7.79. The molecule has 7 nitrogen and oxygen atoms in total. The van der Waals surface area contributed by atoms with Gasteiger partial charge in [-0.2, -0.15) is 4.98 Å². The van der Waals surface area contributed by atoms with Crippen molar-refractivity contribution in [3.05, 3.63) is 11.7 Å². The zero-order chi connectivity index (χ0) is 18.9. The largest absolute Gasteiger partial charge is 0.374 e. The Kier molecular flexibility index (Phi) is 5.50. The Balaban J connectivity index is 1.44. The van der Waals surface area contributed by atoms with Crippen LogP contribution in [0, 0.1) is 0 Å². The fourth-order valence-electron chi connectivity index (χ4n) is 4.87. The van der Waals surface area contributed by atoms with Gasteiger partial charge in [-0.15, -0.1) is 0 Å². The quantitative estimate of drug-likeness (QED) is 0.851. The van der Waals surface area contributed by atoms with Crippen LogP contribution in [0.2, 0.25) is 0 Å². The Morgan fingerprint density at radius 1 is 1.26 bits per heavy atom. The lowest BCUT2D eigenvalue weighted by Gasteiger charge is -2.44. The molecule has 2 saturated carbocycles.